The lowest BCUT2D eigenvalue weighted by Crippen LogP contribution is -1.93. The van der Waals surface area contributed by atoms with Gasteiger partial charge in [-0.2, -0.15) is 0 Å². The first-order valence-corrected chi connectivity index (χ1v) is 17.9. The van der Waals surface area contributed by atoms with E-state index in [1.807, 2.05) is 45.1 Å². The topological polar surface area (TPSA) is 12.4 Å². The monoisotopic (exact) mass is 657 g/mol. The summed E-state index contributed by atoms with van der Waals surface area (Å²) in [5.74, 6) is 0. The van der Waals surface area contributed by atoms with E-state index in [9.17, 15) is 0 Å². The van der Waals surface area contributed by atoms with Gasteiger partial charge in [0.25, 0.3) is 0 Å². The Morgan fingerprint density at radius 2 is 1.16 bits per heavy atom. The zero-order valence-corrected chi connectivity index (χ0v) is 31.3. The van der Waals surface area contributed by atoms with Crippen LogP contribution in [-0.2, 0) is 6.42 Å². The first-order chi connectivity index (χ1) is 24.3. The van der Waals surface area contributed by atoms with Crippen LogP contribution >= 0.6 is 0 Å². The summed E-state index contributed by atoms with van der Waals surface area (Å²) < 4.78 is 0. The number of hydrogen-bond donors (Lipinski definition) is 0. The van der Waals surface area contributed by atoms with Crippen LogP contribution in [0.25, 0.3) is 28.0 Å². The average Bonchev–Trinajstić information content (AvgIpc) is 3.15. The predicted molar refractivity (Wildman–Crippen MR) is 223 cm³/mol. The van der Waals surface area contributed by atoms with Gasteiger partial charge in [0.1, 0.15) is 0 Å². The molecular formula is C49H55N. The molecule has 0 fully saturated rings. The van der Waals surface area contributed by atoms with Gasteiger partial charge in [0.15, 0.2) is 0 Å². The molecule has 0 aromatic heterocycles. The molecule has 0 heterocycles. The van der Waals surface area contributed by atoms with Crippen molar-refractivity contribution < 1.29 is 0 Å². The summed E-state index contributed by atoms with van der Waals surface area (Å²) in [6, 6.07) is 42.9. The van der Waals surface area contributed by atoms with E-state index in [1.54, 1.807) is 6.21 Å². The van der Waals surface area contributed by atoms with Crippen LogP contribution in [0.2, 0.25) is 0 Å². The van der Waals surface area contributed by atoms with Crippen LogP contribution in [0.5, 0.6) is 0 Å². The Morgan fingerprint density at radius 1 is 0.660 bits per heavy atom. The van der Waals surface area contributed by atoms with E-state index in [0.29, 0.717) is 0 Å². The lowest BCUT2D eigenvalue weighted by molar-refractivity contribution is 0.911. The van der Waals surface area contributed by atoms with Crippen molar-refractivity contribution >= 4 is 11.9 Å². The molecule has 0 N–H and O–H groups in total. The van der Waals surface area contributed by atoms with Gasteiger partial charge in [-0.15, -0.1) is 0 Å². The zero-order valence-electron chi connectivity index (χ0n) is 31.3. The minimum atomic E-state index is 0.795. The number of nitrogens with zero attached hydrogens (tertiary/aromatic N) is 1. The third-order valence-electron chi connectivity index (χ3n) is 8.34. The lowest BCUT2D eigenvalue weighted by atomic mass is 9.96. The van der Waals surface area contributed by atoms with Crippen LogP contribution < -0.4 is 0 Å². The molecule has 1 aliphatic rings. The molecule has 0 aliphatic heterocycles. The molecule has 50 heavy (non-hydrogen) atoms. The maximum Gasteiger partial charge on any atom is 0.0630 e. The second-order valence-electron chi connectivity index (χ2n) is 12.3. The number of allylic oxidation sites excluding steroid dienone is 6. The molecule has 0 atom stereocenters. The van der Waals surface area contributed by atoms with Crippen molar-refractivity contribution in [3.8, 4) is 22.3 Å². The number of benzene rings is 5. The van der Waals surface area contributed by atoms with Gasteiger partial charge >= 0.3 is 0 Å². The van der Waals surface area contributed by atoms with Gasteiger partial charge in [0.2, 0.25) is 0 Å². The van der Waals surface area contributed by atoms with Gasteiger partial charge in [-0.3, -0.25) is 4.99 Å². The van der Waals surface area contributed by atoms with Crippen molar-refractivity contribution in [2.75, 3.05) is 0 Å². The van der Waals surface area contributed by atoms with Gasteiger partial charge in [0, 0.05) is 6.21 Å². The van der Waals surface area contributed by atoms with Crippen molar-refractivity contribution in [3.63, 3.8) is 0 Å². The minimum absolute atomic E-state index is 0.795. The Bertz CT molecular complexity index is 1820. The van der Waals surface area contributed by atoms with Gasteiger partial charge in [-0.25, -0.2) is 0 Å². The second kappa shape index (κ2) is 21.6. The van der Waals surface area contributed by atoms with E-state index in [0.717, 1.165) is 17.7 Å². The van der Waals surface area contributed by atoms with Crippen molar-refractivity contribution in [1.29, 1.82) is 0 Å². The molecular weight excluding hydrogens is 603 g/mol. The number of rotatable bonds is 7. The lowest BCUT2D eigenvalue weighted by Gasteiger charge is -2.10. The van der Waals surface area contributed by atoms with Crippen LogP contribution in [0.3, 0.4) is 0 Å². The summed E-state index contributed by atoms with van der Waals surface area (Å²) in [5.41, 5.74) is 15.3. The minimum Gasteiger partial charge on any atom is -0.257 e. The van der Waals surface area contributed by atoms with Crippen LogP contribution in [-0.4, -0.2) is 6.21 Å². The average molecular weight is 658 g/mol. The van der Waals surface area contributed by atoms with E-state index in [4.69, 9.17) is 0 Å². The Hall–Kier alpha value is -5.27. The molecule has 0 saturated carbocycles. The SMILES string of the molecule is C=C(N=C/C=C\C)c1ccc(C)cc1.CC.Cc1ccc(-c2ccc(CC3=CC=CCC3)cc2)cc1.Cc1ccccc1-c1ccccc1C. The third kappa shape index (κ3) is 13.0. The quantitative estimate of drug-likeness (QED) is 0.154. The fraction of sp³-hybridized carbons (Fsp3) is 0.204. The molecule has 1 nitrogen and oxygen atoms in total. The highest BCUT2D eigenvalue weighted by Gasteiger charge is 2.04. The Labute approximate surface area is 303 Å². The fourth-order valence-electron chi connectivity index (χ4n) is 5.41. The van der Waals surface area contributed by atoms with E-state index < -0.39 is 0 Å². The zero-order chi connectivity index (χ0) is 36.1. The highest BCUT2D eigenvalue weighted by Crippen LogP contribution is 2.26. The molecule has 256 valence electrons. The summed E-state index contributed by atoms with van der Waals surface area (Å²) in [7, 11) is 0. The highest BCUT2D eigenvalue weighted by atomic mass is 14.7. The van der Waals surface area contributed by atoms with Gasteiger partial charge in [-0.05, 0) is 104 Å². The summed E-state index contributed by atoms with van der Waals surface area (Å²) in [6.45, 7) is 18.4. The van der Waals surface area contributed by atoms with E-state index in [1.165, 1.54) is 68.5 Å². The van der Waals surface area contributed by atoms with E-state index in [2.05, 4.69) is 167 Å². The first kappa shape index (κ1) is 39.2. The maximum absolute atomic E-state index is 4.21. The molecule has 5 aromatic carbocycles. The maximum atomic E-state index is 4.21. The molecule has 0 bridgehead atoms. The molecule has 0 amide bonds. The molecule has 0 radical (unpaired) electrons. The van der Waals surface area contributed by atoms with Crippen LogP contribution in [0.15, 0.2) is 169 Å². The number of aryl methyl sites for hydroxylation is 4. The molecule has 1 heteroatoms. The summed E-state index contributed by atoms with van der Waals surface area (Å²) in [6.07, 6.45) is 15.7. The summed E-state index contributed by atoms with van der Waals surface area (Å²) in [5, 5.41) is 0. The molecule has 5 aromatic rings. The normalized spacial score (nSPS) is 11.8. The van der Waals surface area contributed by atoms with Gasteiger partial charge < -0.3 is 0 Å². The molecule has 0 saturated heterocycles. The number of hydrogen-bond acceptors (Lipinski definition) is 1. The van der Waals surface area contributed by atoms with Crippen molar-refractivity contribution in [3.05, 3.63) is 197 Å². The van der Waals surface area contributed by atoms with Crippen molar-refractivity contribution in [2.45, 2.75) is 67.7 Å². The summed E-state index contributed by atoms with van der Waals surface area (Å²) in [4.78, 5) is 4.21. The second-order valence-corrected chi connectivity index (χ2v) is 12.3. The van der Waals surface area contributed by atoms with Gasteiger partial charge in [-0.1, -0.05) is 183 Å². The smallest absolute Gasteiger partial charge is 0.0630 e. The van der Waals surface area contributed by atoms with Crippen LogP contribution in [0, 0.1) is 27.7 Å². The molecule has 0 spiro atoms. The van der Waals surface area contributed by atoms with Crippen LogP contribution in [0.1, 0.15) is 67.0 Å². The molecule has 0 unspecified atom stereocenters. The highest BCUT2D eigenvalue weighted by molar-refractivity contribution is 5.79. The Balaban J connectivity index is 0.000000203. The fourth-order valence-corrected chi connectivity index (χ4v) is 5.41. The van der Waals surface area contributed by atoms with E-state index in [-0.39, 0.29) is 0 Å². The van der Waals surface area contributed by atoms with E-state index >= 15 is 0 Å². The summed E-state index contributed by atoms with van der Waals surface area (Å²) >= 11 is 0. The molecule has 6 rings (SSSR count). The third-order valence-corrected chi connectivity index (χ3v) is 8.34. The van der Waals surface area contributed by atoms with Crippen molar-refractivity contribution in [2.24, 2.45) is 4.99 Å². The first-order valence-electron chi connectivity index (χ1n) is 17.9. The molecule has 1 aliphatic carbocycles. The Kier molecular flexibility index (Phi) is 17.0. The number of aliphatic imine (C=N–C) groups is 1. The largest absolute Gasteiger partial charge is 0.257 e. The standard InChI is InChI=1S/C20H20.C14H14.C13H15N.C2H6/c1-16-7-11-19(12-8-16)20-13-9-18(10-14-20)15-17-5-3-2-4-6-17;1-11-7-3-5-9-13(11)14-10-6-4-8-12(14)2;1-4-5-10-14-12(3)13-8-6-11(2)7-9-13;1-2/h2-3,5,7-14H,4,6,15H2,1H3;3-10H,1-2H3;4-10H,3H2,1-2H3;1-2H3/b;;5-4-,14-10?;. The van der Waals surface area contributed by atoms with Crippen LogP contribution in [0.4, 0.5) is 0 Å². The Morgan fingerprint density at radius 3 is 1.64 bits per heavy atom. The predicted octanol–water partition coefficient (Wildman–Crippen LogP) is 14.1. The van der Waals surface area contributed by atoms with Gasteiger partial charge in [0.05, 0.1) is 5.70 Å². The van der Waals surface area contributed by atoms with Crippen molar-refractivity contribution in [1.82, 2.24) is 0 Å².